The van der Waals surface area contributed by atoms with Crippen molar-refractivity contribution in [1.82, 2.24) is 0 Å². The summed E-state index contributed by atoms with van der Waals surface area (Å²) in [7, 11) is 0. The van der Waals surface area contributed by atoms with Crippen molar-refractivity contribution in [1.29, 1.82) is 0 Å². The third kappa shape index (κ3) is 5.74. The number of nitrogens with zero attached hydrogens (tertiary/aromatic N) is 1. The monoisotopic (exact) mass is 771 g/mol. The van der Waals surface area contributed by atoms with E-state index in [-0.39, 0.29) is 5.41 Å². The molecule has 0 N–H and O–H groups in total. The van der Waals surface area contributed by atoms with Crippen LogP contribution in [0.3, 0.4) is 0 Å². The molecule has 0 amide bonds. The van der Waals surface area contributed by atoms with E-state index in [9.17, 15) is 0 Å². The van der Waals surface area contributed by atoms with Crippen molar-refractivity contribution in [3.05, 3.63) is 223 Å². The second-order valence-corrected chi connectivity index (χ2v) is 17.1. The molecule has 10 aromatic rings. The number of anilines is 3. The highest BCUT2D eigenvalue weighted by Gasteiger charge is 2.39. The molecule has 1 heterocycles. The number of thiophene rings is 1. The van der Waals surface area contributed by atoms with Crippen LogP contribution in [0.5, 0.6) is 0 Å². The summed E-state index contributed by atoms with van der Waals surface area (Å²) in [6, 6.07) is 78.1. The van der Waals surface area contributed by atoms with Gasteiger partial charge in [-0.15, -0.1) is 11.3 Å². The van der Waals surface area contributed by atoms with Crippen LogP contribution >= 0.6 is 11.3 Å². The van der Waals surface area contributed by atoms with Gasteiger partial charge in [-0.1, -0.05) is 196 Å². The molecule has 0 atom stereocenters. The van der Waals surface area contributed by atoms with E-state index in [4.69, 9.17) is 0 Å². The van der Waals surface area contributed by atoms with Gasteiger partial charge in [0.15, 0.2) is 0 Å². The van der Waals surface area contributed by atoms with Crippen molar-refractivity contribution in [3.8, 4) is 55.6 Å². The third-order valence-electron chi connectivity index (χ3n) is 12.3. The summed E-state index contributed by atoms with van der Waals surface area (Å²) in [6.45, 7) is 4.78. The quantitative estimate of drug-likeness (QED) is 0.156. The molecular weight excluding hydrogens is 731 g/mol. The fourth-order valence-electron chi connectivity index (χ4n) is 9.62. The molecule has 0 saturated heterocycles. The highest BCUT2D eigenvalue weighted by molar-refractivity contribution is 7.26. The fraction of sp³-hybridized carbons (Fsp3) is 0.0526. The van der Waals surface area contributed by atoms with Crippen LogP contribution in [0.15, 0.2) is 212 Å². The van der Waals surface area contributed by atoms with Crippen LogP contribution in [-0.2, 0) is 5.41 Å². The number of fused-ring (bicyclic) bond motifs is 6. The molecule has 1 nitrogen and oxygen atoms in total. The molecule has 280 valence electrons. The first-order valence-corrected chi connectivity index (χ1v) is 21.3. The van der Waals surface area contributed by atoms with Crippen LogP contribution in [0.1, 0.15) is 25.0 Å². The summed E-state index contributed by atoms with van der Waals surface area (Å²) < 4.78 is 2.65. The summed E-state index contributed by atoms with van der Waals surface area (Å²) in [5.74, 6) is 0. The summed E-state index contributed by atoms with van der Waals surface area (Å²) in [6.07, 6.45) is 0. The average Bonchev–Trinajstić information content (AvgIpc) is 3.80. The zero-order chi connectivity index (χ0) is 39.5. The van der Waals surface area contributed by atoms with Gasteiger partial charge in [0.2, 0.25) is 0 Å². The van der Waals surface area contributed by atoms with E-state index < -0.39 is 0 Å². The Morgan fingerprint density at radius 3 is 1.66 bits per heavy atom. The largest absolute Gasteiger partial charge is 0.310 e. The maximum absolute atomic E-state index is 2.54. The standard InChI is InChI=1S/C57H41NS/c1-57(2)50-30-13-11-23-45(50)48-28-17-32-52(55(48)57)58(41-36-34-40(35-37-41)44-27-15-29-49-46-24-12-14-33-53(46)59-56(44)49)51-31-16-26-43(39-20-7-4-8-21-39)54(51)47-25-10-9-22-42(47)38-18-5-3-6-19-38/h3-37H,1-2H3. The van der Waals surface area contributed by atoms with Crippen LogP contribution in [-0.4, -0.2) is 0 Å². The van der Waals surface area contributed by atoms with Crippen LogP contribution in [0, 0.1) is 0 Å². The Morgan fingerprint density at radius 1 is 0.373 bits per heavy atom. The van der Waals surface area contributed by atoms with Gasteiger partial charge in [-0.25, -0.2) is 0 Å². The van der Waals surface area contributed by atoms with E-state index in [0.29, 0.717) is 0 Å². The SMILES string of the molecule is CC1(C)c2ccccc2-c2cccc(N(c3ccc(-c4cccc5c4sc4ccccc45)cc3)c3cccc(-c4ccccc4)c3-c3ccccc3-c3ccccc3)c21. The summed E-state index contributed by atoms with van der Waals surface area (Å²) in [5.41, 5.74) is 18.2. The molecular formula is C57H41NS. The van der Waals surface area contributed by atoms with Gasteiger partial charge < -0.3 is 4.90 Å². The van der Waals surface area contributed by atoms with E-state index in [1.54, 1.807) is 0 Å². The van der Waals surface area contributed by atoms with Gasteiger partial charge in [0.25, 0.3) is 0 Å². The molecule has 0 spiro atoms. The summed E-state index contributed by atoms with van der Waals surface area (Å²) in [5, 5.41) is 2.63. The van der Waals surface area contributed by atoms with Gasteiger partial charge in [0.1, 0.15) is 0 Å². The van der Waals surface area contributed by atoms with Crippen molar-refractivity contribution in [2.75, 3.05) is 4.90 Å². The van der Waals surface area contributed by atoms with E-state index >= 15 is 0 Å². The van der Waals surface area contributed by atoms with Gasteiger partial charge >= 0.3 is 0 Å². The maximum atomic E-state index is 2.54. The molecule has 0 unspecified atom stereocenters. The van der Waals surface area contributed by atoms with Crippen LogP contribution in [0.2, 0.25) is 0 Å². The topological polar surface area (TPSA) is 3.24 Å². The molecule has 11 rings (SSSR count). The first-order valence-electron chi connectivity index (χ1n) is 20.4. The van der Waals surface area contributed by atoms with Crippen molar-refractivity contribution >= 4 is 48.6 Å². The Labute approximate surface area is 350 Å². The molecule has 1 aromatic heterocycles. The van der Waals surface area contributed by atoms with Crippen LogP contribution in [0.25, 0.3) is 75.8 Å². The maximum Gasteiger partial charge on any atom is 0.0546 e. The predicted octanol–water partition coefficient (Wildman–Crippen LogP) is 16.5. The lowest BCUT2D eigenvalue weighted by Gasteiger charge is -2.34. The summed E-state index contributed by atoms with van der Waals surface area (Å²) in [4.78, 5) is 2.54. The smallest absolute Gasteiger partial charge is 0.0546 e. The average molecular weight is 772 g/mol. The van der Waals surface area contributed by atoms with Gasteiger partial charge in [0, 0.05) is 36.8 Å². The van der Waals surface area contributed by atoms with Crippen LogP contribution < -0.4 is 4.90 Å². The molecule has 0 fully saturated rings. The number of hydrogen-bond donors (Lipinski definition) is 0. The molecule has 59 heavy (non-hydrogen) atoms. The highest BCUT2D eigenvalue weighted by Crippen LogP contribution is 2.56. The Bertz CT molecular complexity index is 3170. The number of rotatable bonds is 7. The van der Waals surface area contributed by atoms with Crippen molar-refractivity contribution in [3.63, 3.8) is 0 Å². The lowest BCUT2D eigenvalue weighted by Crippen LogP contribution is -2.21. The minimum Gasteiger partial charge on any atom is -0.310 e. The lowest BCUT2D eigenvalue weighted by molar-refractivity contribution is 0.661. The van der Waals surface area contributed by atoms with Gasteiger partial charge in [-0.3, -0.25) is 0 Å². The summed E-state index contributed by atoms with van der Waals surface area (Å²) >= 11 is 1.88. The number of hydrogen-bond acceptors (Lipinski definition) is 2. The second kappa shape index (κ2) is 14.1. The molecule has 0 saturated carbocycles. The van der Waals surface area contributed by atoms with Gasteiger partial charge in [0.05, 0.1) is 11.4 Å². The molecule has 0 bridgehead atoms. The van der Waals surface area contributed by atoms with E-state index in [0.717, 1.165) is 11.4 Å². The van der Waals surface area contributed by atoms with Crippen LogP contribution in [0.4, 0.5) is 17.1 Å². The zero-order valence-electron chi connectivity index (χ0n) is 33.1. The Kier molecular flexibility index (Phi) is 8.43. The molecule has 9 aromatic carbocycles. The highest BCUT2D eigenvalue weighted by atomic mass is 32.1. The predicted molar refractivity (Wildman–Crippen MR) is 253 cm³/mol. The number of benzene rings is 9. The van der Waals surface area contributed by atoms with E-state index in [1.165, 1.54) is 92.6 Å². The zero-order valence-corrected chi connectivity index (χ0v) is 33.9. The molecule has 1 aliphatic rings. The van der Waals surface area contributed by atoms with Gasteiger partial charge in [-0.2, -0.15) is 0 Å². The van der Waals surface area contributed by atoms with Gasteiger partial charge in [-0.05, 0) is 91.5 Å². The first-order chi connectivity index (χ1) is 29.1. The molecule has 2 heteroatoms. The Balaban J connectivity index is 1.19. The fourth-order valence-corrected chi connectivity index (χ4v) is 10.9. The van der Waals surface area contributed by atoms with Crippen molar-refractivity contribution in [2.24, 2.45) is 0 Å². The molecule has 1 aliphatic carbocycles. The second-order valence-electron chi connectivity index (χ2n) is 16.0. The van der Waals surface area contributed by atoms with Crippen molar-refractivity contribution < 1.29 is 0 Å². The van der Waals surface area contributed by atoms with E-state index in [2.05, 4.69) is 231 Å². The molecule has 0 radical (unpaired) electrons. The van der Waals surface area contributed by atoms with Crippen molar-refractivity contribution in [2.45, 2.75) is 19.3 Å². The minimum absolute atomic E-state index is 0.226. The van der Waals surface area contributed by atoms with E-state index in [1.807, 2.05) is 11.3 Å². The lowest BCUT2D eigenvalue weighted by atomic mass is 9.81. The first kappa shape index (κ1) is 35.2. The molecule has 0 aliphatic heterocycles. The minimum atomic E-state index is -0.226. The Hall–Kier alpha value is -7.00. The Morgan fingerprint density at radius 2 is 0.898 bits per heavy atom. The normalized spacial score (nSPS) is 12.7. The third-order valence-corrected chi connectivity index (χ3v) is 13.5.